The van der Waals surface area contributed by atoms with Gasteiger partial charge < -0.3 is 5.32 Å². The number of amides is 1. The van der Waals surface area contributed by atoms with E-state index in [-0.39, 0.29) is 10.8 Å². The third kappa shape index (κ3) is 5.40. The van der Waals surface area contributed by atoms with Gasteiger partial charge in [-0.15, -0.1) is 0 Å². The third-order valence-corrected chi connectivity index (χ3v) is 5.69. The molecule has 1 amide bonds. The summed E-state index contributed by atoms with van der Waals surface area (Å²) < 4.78 is 27.4. The summed E-state index contributed by atoms with van der Waals surface area (Å²) in [5.41, 5.74) is 2.73. The number of anilines is 1. The van der Waals surface area contributed by atoms with E-state index in [1.54, 1.807) is 12.1 Å². The van der Waals surface area contributed by atoms with Crippen molar-refractivity contribution in [2.75, 3.05) is 11.9 Å². The molecule has 0 atom stereocenters. The second-order valence-corrected chi connectivity index (χ2v) is 8.28. The van der Waals surface area contributed by atoms with Crippen molar-refractivity contribution in [1.29, 1.82) is 0 Å². The van der Waals surface area contributed by atoms with Gasteiger partial charge in [0.05, 0.1) is 4.90 Å². The van der Waals surface area contributed by atoms with Crippen LogP contribution in [0.15, 0.2) is 58.4 Å². The Morgan fingerprint density at radius 1 is 1.15 bits per heavy atom. The van der Waals surface area contributed by atoms with Crippen molar-refractivity contribution in [3.8, 4) is 0 Å². The Morgan fingerprint density at radius 2 is 1.93 bits per heavy atom. The molecule has 7 heteroatoms. The molecule has 1 heterocycles. The van der Waals surface area contributed by atoms with Crippen LogP contribution in [0.3, 0.4) is 0 Å². The summed E-state index contributed by atoms with van der Waals surface area (Å²) in [5, 5.41) is 2.77. The van der Waals surface area contributed by atoms with Crippen LogP contribution in [0, 0.1) is 6.92 Å². The lowest BCUT2D eigenvalue weighted by Crippen LogP contribution is -2.29. The average Bonchev–Trinajstić information content (AvgIpc) is 3.14. The normalized spacial score (nSPS) is 13.9. The minimum Gasteiger partial charge on any atom is -0.326 e. The highest BCUT2D eigenvalue weighted by atomic mass is 32.2. The smallest absolute Gasteiger partial charge is 0.262 e. The standard InChI is InChI=1S/C20H23N3O3S/c1-15-7-9-16(10-8-15)11-12-20(24)22-17-4-2-5-18(14-17)27(25,26)23-19-6-3-13-21-19/h2,4-5,7-10,14H,3,6,11-13H2,1H3,(H,21,23)(H,22,24). The first-order valence-electron chi connectivity index (χ1n) is 8.94. The Balaban J connectivity index is 1.61. The molecular formula is C20H23N3O3S. The van der Waals surface area contributed by atoms with Crippen LogP contribution < -0.4 is 10.0 Å². The number of rotatable bonds is 6. The number of benzene rings is 2. The molecule has 0 aromatic heterocycles. The van der Waals surface area contributed by atoms with E-state index in [9.17, 15) is 13.2 Å². The Morgan fingerprint density at radius 3 is 2.63 bits per heavy atom. The Hall–Kier alpha value is -2.67. The van der Waals surface area contributed by atoms with Crippen LogP contribution >= 0.6 is 0 Å². The highest BCUT2D eigenvalue weighted by Crippen LogP contribution is 2.17. The summed E-state index contributed by atoms with van der Waals surface area (Å²) in [6, 6.07) is 14.3. The van der Waals surface area contributed by atoms with Crippen LogP contribution in [0.1, 0.15) is 30.4 Å². The van der Waals surface area contributed by atoms with Gasteiger partial charge >= 0.3 is 0 Å². The minimum atomic E-state index is -3.69. The second-order valence-electron chi connectivity index (χ2n) is 6.60. The van der Waals surface area contributed by atoms with E-state index < -0.39 is 10.0 Å². The van der Waals surface area contributed by atoms with Crippen LogP contribution in [-0.2, 0) is 21.2 Å². The van der Waals surface area contributed by atoms with Gasteiger partial charge in [-0.05, 0) is 43.5 Å². The summed E-state index contributed by atoms with van der Waals surface area (Å²) in [7, 11) is -3.69. The number of aliphatic imine (C=N–C) groups is 1. The highest BCUT2D eigenvalue weighted by molar-refractivity contribution is 7.90. The van der Waals surface area contributed by atoms with Crippen LogP contribution in [0.2, 0.25) is 0 Å². The van der Waals surface area contributed by atoms with Gasteiger partial charge in [0, 0.05) is 25.1 Å². The molecule has 2 aromatic rings. The molecule has 0 bridgehead atoms. The average molecular weight is 385 g/mol. The molecule has 0 saturated heterocycles. The lowest BCUT2D eigenvalue weighted by molar-refractivity contribution is -0.116. The topological polar surface area (TPSA) is 87.6 Å². The fraction of sp³-hybridized carbons (Fsp3) is 0.300. The van der Waals surface area contributed by atoms with E-state index >= 15 is 0 Å². The lowest BCUT2D eigenvalue weighted by atomic mass is 10.1. The van der Waals surface area contributed by atoms with Crippen molar-refractivity contribution < 1.29 is 13.2 Å². The molecule has 0 unspecified atom stereocenters. The molecule has 6 nitrogen and oxygen atoms in total. The Labute approximate surface area is 159 Å². The summed E-state index contributed by atoms with van der Waals surface area (Å²) in [4.78, 5) is 16.4. The predicted molar refractivity (Wildman–Crippen MR) is 106 cm³/mol. The number of nitrogens with zero attached hydrogens (tertiary/aromatic N) is 1. The second kappa shape index (κ2) is 8.35. The van der Waals surface area contributed by atoms with Crippen molar-refractivity contribution >= 4 is 27.5 Å². The van der Waals surface area contributed by atoms with Gasteiger partial charge in [0.2, 0.25) is 5.91 Å². The van der Waals surface area contributed by atoms with Crippen molar-refractivity contribution in [3.63, 3.8) is 0 Å². The number of nitrogens with one attached hydrogen (secondary N) is 2. The van der Waals surface area contributed by atoms with Crippen LogP contribution in [-0.4, -0.2) is 26.7 Å². The van der Waals surface area contributed by atoms with Crippen LogP contribution in [0.5, 0.6) is 0 Å². The van der Waals surface area contributed by atoms with Gasteiger partial charge in [-0.3, -0.25) is 14.5 Å². The first kappa shape index (κ1) is 19.1. The van der Waals surface area contributed by atoms with E-state index in [1.807, 2.05) is 31.2 Å². The molecular weight excluding hydrogens is 362 g/mol. The van der Waals surface area contributed by atoms with Gasteiger partial charge in [0.1, 0.15) is 5.84 Å². The molecule has 1 aliphatic rings. The van der Waals surface area contributed by atoms with E-state index in [2.05, 4.69) is 15.0 Å². The Bertz CT molecular complexity index is 951. The van der Waals surface area contributed by atoms with E-state index in [0.29, 0.717) is 37.3 Å². The summed E-state index contributed by atoms with van der Waals surface area (Å²) >= 11 is 0. The van der Waals surface area contributed by atoms with Crippen LogP contribution in [0.4, 0.5) is 5.69 Å². The number of amidine groups is 1. The van der Waals surface area contributed by atoms with Crippen LogP contribution in [0.25, 0.3) is 0 Å². The van der Waals surface area contributed by atoms with Crippen molar-refractivity contribution in [1.82, 2.24) is 4.72 Å². The monoisotopic (exact) mass is 385 g/mol. The molecule has 0 spiro atoms. The molecule has 0 radical (unpaired) electrons. The van der Waals surface area contributed by atoms with Crippen molar-refractivity contribution in [3.05, 3.63) is 59.7 Å². The SMILES string of the molecule is Cc1ccc(CCC(=O)Nc2cccc(S(=O)(=O)NC3=NCCC3)c2)cc1. The summed E-state index contributed by atoms with van der Waals surface area (Å²) in [6.07, 6.45) is 2.45. The molecule has 142 valence electrons. The first-order chi connectivity index (χ1) is 12.9. The lowest BCUT2D eigenvalue weighted by Gasteiger charge is -2.10. The number of hydrogen-bond acceptors (Lipinski definition) is 4. The maximum atomic E-state index is 12.5. The fourth-order valence-corrected chi connectivity index (χ4v) is 3.95. The van der Waals surface area contributed by atoms with Gasteiger partial charge in [-0.25, -0.2) is 8.42 Å². The van der Waals surface area contributed by atoms with Gasteiger partial charge in [0.15, 0.2) is 0 Å². The third-order valence-electron chi connectivity index (χ3n) is 4.32. The van der Waals surface area contributed by atoms with E-state index in [4.69, 9.17) is 0 Å². The number of sulfonamides is 1. The summed E-state index contributed by atoms with van der Waals surface area (Å²) in [5.74, 6) is 0.334. The number of carbonyl (C=O) groups is 1. The molecule has 2 N–H and O–H groups in total. The quantitative estimate of drug-likeness (QED) is 0.801. The molecule has 3 rings (SSSR count). The molecule has 1 aliphatic heterocycles. The van der Waals surface area contributed by atoms with Crippen molar-refractivity contribution in [2.45, 2.75) is 37.5 Å². The molecule has 0 aliphatic carbocycles. The molecule has 27 heavy (non-hydrogen) atoms. The number of carbonyl (C=O) groups excluding carboxylic acids is 1. The highest BCUT2D eigenvalue weighted by Gasteiger charge is 2.18. The zero-order chi connectivity index (χ0) is 19.3. The molecule has 0 saturated carbocycles. The fourth-order valence-electron chi connectivity index (χ4n) is 2.81. The van der Waals surface area contributed by atoms with Gasteiger partial charge in [-0.1, -0.05) is 35.9 Å². The zero-order valence-corrected chi connectivity index (χ0v) is 16.1. The predicted octanol–water partition coefficient (Wildman–Crippen LogP) is 3.04. The number of aryl methyl sites for hydroxylation is 2. The maximum absolute atomic E-state index is 12.5. The van der Waals surface area contributed by atoms with Gasteiger partial charge in [0.25, 0.3) is 10.0 Å². The molecule has 2 aromatic carbocycles. The largest absolute Gasteiger partial charge is 0.326 e. The van der Waals surface area contributed by atoms with E-state index in [1.165, 1.54) is 17.7 Å². The summed E-state index contributed by atoms with van der Waals surface area (Å²) in [6.45, 7) is 2.67. The minimum absolute atomic E-state index is 0.105. The number of hydrogen-bond donors (Lipinski definition) is 2. The van der Waals surface area contributed by atoms with Crippen molar-refractivity contribution in [2.24, 2.45) is 4.99 Å². The molecule has 0 fully saturated rings. The first-order valence-corrected chi connectivity index (χ1v) is 10.4. The van der Waals surface area contributed by atoms with E-state index in [0.717, 1.165) is 12.0 Å². The zero-order valence-electron chi connectivity index (χ0n) is 15.2. The maximum Gasteiger partial charge on any atom is 0.262 e. The van der Waals surface area contributed by atoms with Gasteiger partial charge in [-0.2, -0.15) is 0 Å². The Kier molecular flexibility index (Phi) is 5.91.